The van der Waals surface area contributed by atoms with Gasteiger partial charge in [-0.1, -0.05) is 24.3 Å². The van der Waals surface area contributed by atoms with Crippen LogP contribution < -0.4 is 20.9 Å². The molecule has 0 saturated carbocycles. The van der Waals surface area contributed by atoms with E-state index in [2.05, 4.69) is 0 Å². The topological polar surface area (TPSA) is 145 Å². The van der Waals surface area contributed by atoms with Crippen molar-refractivity contribution in [2.75, 3.05) is 0 Å². The lowest BCUT2D eigenvalue weighted by atomic mass is 10.1. The van der Waals surface area contributed by atoms with Crippen molar-refractivity contribution in [3.8, 4) is 11.5 Å². The first-order valence-corrected chi connectivity index (χ1v) is 9.64. The molecule has 2 aromatic rings. The van der Waals surface area contributed by atoms with Crippen LogP contribution >= 0.6 is 0 Å². The van der Waals surface area contributed by atoms with Crippen LogP contribution in [0.5, 0.6) is 11.5 Å². The number of hydrogen-bond acceptors (Lipinski definition) is 8. The van der Waals surface area contributed by atoms with E-state index in [0.717, 1.165) is 11.1 Å². The van der Waals surface area contributed by atoms with Gasteiger partial charge in [-0.2, -0.15) is 0 Å². The summed E-state index contributed by atoms with van der Waals surface area (Å²) in [6, 6.07) is 13.1. The number of benzene rings is 2. The van der Waals surface area contributed by atoms with E-state index in [4.69, 9.17) is 20.9 Å². The molecule has 0 radical (unpaired) electrons. The van der Waals surface area contributed by atoms with Crippen LogP contribution in [0.1, 0.15) is 25.0 Å². The Hall–Kier alpha value is -2.78. The summed E-state index contributed by atoms with van der Waals surface area (Å²) in [6.07, 6.45) is -2.88. The number of aliphatic hydroxyl groups is 2. The predicted octanol–water partition coefficient (Wildman–Crippen LogP) is 0.699. The fraction of sp³-hybridized carbons (Fsp3) is 0.364. The molecule has 6 N–H and O–H groups in total. The van der Waals surface area contributed by atoms with Gasteiger partial charge in [0.05, 0.1) is 0 Å². The van der Waals surface area contributed by atoms with Gasteiger partial charge in [0.1, 0.15) is 11.5 Å². The van der Waals surface area contributed by atoms with E-state index in [1.54, 1.807) is 24.3 Å². The van der Waals surface area contributed by atoms with Gasteiger partial charge in [0.2, 0.25) is 0 Å². The zero-order chi connectivity index (χ0) is 22.3. The lowest BCUT2D eigenvalue weighted by molar-refractivity contribution is -0.162. The molecule has 0 aliphatic carbocycles. The highest BCUT2D eigenvalue weighted by Gasteiger charge is 2.33. The van der Waals surface area contributed by atoms with Gasteiger partial charge in [0, 0.05) is 12.1 Å². The van der Waals surface area contributed by atoms with Crippen molar-refractivity contribution >= 4 is 11.9 Å². The molecule has 0 aromatic heterocycles. The van der Waals surface area contributed by atoms with Gasteiger partial charge in [0.15, 0.2) is 12.2 Å². The Labute approximate surface area is 175 Å². The number of rotatable bonds is 9. The van der Waals surface area contributed by atoms with Gasteiger partial charge in [-0.25, -0.2) is 9.59 Å². The minimum absolute atomic E-state index is 0.0122. The highest BCUT2D eigenvalue weighted by atomic mass is 16.6. The Balaban J connectivity index is 1.91. The van der Waals surface area contributed by atoms with E-state index in [1.807, 2.05) is 13.8 Å². The van der Waals surface area contributed by atoms with E-state index >= 15 is 0 Å². The van der Waals surface area contributed by atoms with Crippen LogP contribution in [0, 0.1) is 0 Å². The molecule has 0 amide bonds. The van der Waals surface area contributed by atoms with Crippen molar-refractivity contribution in [2.45, 2.75) is 51.0 Å². The van der Waals surface area contributed by atoms with Gasteiger partial charge in [-0.3, -0.25) is 0 Å². The van der Waals surface area contributed by atoms with E-state index in [-0.39, 0.29) is 23.6 Å². The molecule has 4 atom stereocenters. The third kappa shape index (κ3) is 7.23. The summed E-state index contributed by atoms with van der Waals surface area (Å²) < 4.78 is 10.0. The highest BCUT2D eigenvalue weighted by molar-refractivity contribution is 5.87. The van der Waals surface area contributed by atoms with Crippen LogP contribution in [0.2, 0.25) is 0 Å². The first-order chi connectivity index (χ1) is 14.2. The average molecular weight is 416 g/mol. The summed E-state index contributed by atoms with van der Waals surface area (Å²) in [5.41, 5.74) is 13.4. The van der Waals surface area contributed by atoms with Crippen molar-refractivity contribution < 1.29 is 29.3 Å². The number of esters is 2. The van der Waals surface area contributed by atoms with E-state index < -0.39 is 24.1 Å². The number of aliphatic hydroxyl groups excluding tert-OH is 2. The summed E-state index contributed by atoms with van der Waals surface area (Å²) in [5.74, 6) is -2.02. The lowest BCUT2D eigenvalue weighted by Gasteiger charge is -2.16. The number of carbonyl (C=O) groups is 2. The number of carbonyl (C=O) groups excluding carboxylic acids is 2. The standard InChI is InChI=1S/C22H28N2O6/c1-13(23)11-15-3-7-17(8-4-15)29-21(27)19(25)20(26)22(28)30-18-9-5-16(6-10-18)12-14(2)24/h3-10,13-14,19-20,25-26H,11-12,23-24H2,1-2H3/t13-,14-,19?,20?/m1/s1. The van der Waals surface area contributed by atoms with Gasteiger partial charge >= 0.3 is 11.9 Å². The molecule has 0 saturated heterocycles. The number of hydrogen-bond donors (Lipinski definition) is 4. The largest absolute Gasteiger partial charge is 0.425 e. The molecule has 0 spiro atoms. The maximum atomic E-state index is 12.0. The Morgan fingerprint density at radius 1 is 0.733 bits per heavy atom. The first-order valence-electron chi connectivity index (χ1n) is 9.64. The van der Waals surface area contributed by atoms with E-state index in [1.165, 1.54) is 24.3 Å². The van der Waals surface area contributed by atoms with Crippen LogP contribution in [0.25, 0.3) is 0 Å². The molecule has 2 aromatic carbocycles. The summed E-state index contributed by atoms with van der Waals surface area (Å²) in [7, 11) is 0. The SMILES string of the molecule is C[C@@H](N)Cc1ccc(OC(=O)C(O)C(O)C(=O)Oc2ccc(C[C@@H](C)N)cc2)cc1. The van der Waals surface area contributed by atoms with Crippen LogP contribution in [0.3, 0.4) is 0 Å². The molecule has 2 unspecified atom stereocenters. The van der Waals surface area contributed by atoms with Crippen molar-refractivity contribution in [3.63, 3.8) is 0 Å². The van der Waals surface area contributed by atoms with Crippen LogP contribution in [-0.2, 0) is 22.4 Å². The number of ether oxygens (including phenoxy) is 2. The third-order valence-corrected chi connectivity index (χ3v) is 4.18. The zero-order valence-electron chi connectivity index (χ0n) is 17.0. The molecule has 162 valence electrons. The lowest BCUT2D eigenvalue weighted by Crippen LogP contribution is -2.43. The second kappa shape index (κ2) is 10.8. The van der Waals surface area contributed by atoms with Gasteiger partial charge in [-0.05, 0) is 62.1 Å². The molecule has 0 aliphatic rings. The fourth-order valence-corrected chi connectivity index (χ4v) is 2.74. The average Bonchev–Trinajstić information content (AvgIpc) is 2.69. The molecule has 0 aliphatic heterocycles. The molecular weight excluding hydrogens is 388 g/mol. The molecule has 2 rings (SSSR count). The summed E-state index contributed by atoms with van der Waals surface area (Å²) in [5, 5.41) is 19.9. The van der Waals surface area contributed by atoms with E-state index in [9.17, 15) is 19.8 Å². The second-order valence-electron chi connectivity index (χ2n) is 7.38. The van der Waals surface area contributed by atoms with Crippen molar-refractivity contribution in [3.05, 3.63) is 59.7 Å². The maximum Gasteiger partial charge on any atom is 0.343 e. The minimum atomic E-state index is -2.10. The molecular formula is C22H28N2O6. The predicted molar refractivity (Wildman–Crippen MR) is 111 cm³/mol. The smallest absolute Gasteiger partial charge is 0.343 e. The Kier molecular flexibility index (Phi) is 8.49. The summed E-state index contributed by atoms with van der Waals surface area (Å²) >= 11 is 0. The molecule has 0 bridgehead atoms. The Morgan fingerprint density at radius 3 is 1.30 bits per heavy atom. The number of nitrogens with two attached hydrogens (primary N) is 2. The van der Waals surface area contributed by atoms with Crippen molar-refractivity contribution in [1.29, 1.82) is 0 Å². The maximum absolute atomic E-state index is 12.0. The Morgan fingerprint density at radius 2 is 1.03 bits per heavy atom. The molecule has 0 heterocycles. The summed E-state index contributed by atoms with van der Waals surface area (Å²) in [4.78, 5) is 24.1. The molecule has 8 heteroatoms. The third-order valence-electron chi connectivity index (χ3n) is 4.18. The normalized spacial score (nSPS) is 15.0. The van der Waals surface area contributed by atoms with E-state index in [0.29, 0.717) is 12.8 Å². The fourth-order valence-electron chi connectivity index (χ4n) is 2.74. The van der Waals surface area contributed by atoms with Crippen molar-refractivity contribution in [2.24, 2.45) is 11.5 Å². The molecule has 8 nitrogen and oxygen atoms in total. The monoisotopic (exact) mass is 416 g/mol. The molecule has 0 fully saturated rings. The van der Waals surface area contributed by atoms with Gasteiger partial charge in [0.25, 0.3) is 0 Å². The van der Waals surface area contributed by atoms with Crippen molar-refractivity contribution in [1.82, 2.24) is 0 Å². The minimum Gasteiger partial charge on any atom is -0.425 e. The quantitative estimate of drug-likeness (QED) is 0.345. The second-order valence-corrected chi connectivity index (χ2v) is 7.38. The van der Waals surface area contributed by atoms with Crippen LogP contribution in [-0.4, -0.2) is 46.4 Å². The van der Waals surface area contributed by atoms with Crippen LogP contribution in [0.15, 0.2) is 48.5 Å². The highest BCUT2D eigenvalue weighted by Crippen LogP contribution is 2.16. The van der Waals surface area contributed by atoms with Gasteiger partial charge in [-0.15, -0.1) is 0 Å². The summed E-state index contributed by atoms with van der Waals surface area (Å²) in [6.45, 7) is 3.75. The molecule has 30 heavy (non-hydrogen) atoms. The van der Waals surface area contributed by atoms with Crippen LogP contribution in [0.4, 0.5) is 0 Å². The van der Waals surface area contributed by atoms with Gasteiger partial charge < -0.3 is 31.2 Å². The Bertz CT molecular complexity index is 762. The zero-order valence-corrected chi connectivity index (χ0v) is 17.0. The first kappa shape index (κ1) is 23.5.